The molecule has 0 bridgehead atoms. The number of amides is 1. The topological polar surface area (TPSA) is 102 Å². The molecule has 0 fully saturated rings. The molecule has 1 unspecified atom stereocenters. The smallest absolute Gasteiger partial charge is 0.251 e. The third-order valence-electron chi connectivity index (χ3n) is 5.73. The maximum atomic E-state index is 12.2. The van der Waals surface area contributed by atoms with Gasteiger partial charge in [-0.2, -0.15) is 0 Å². The van der Waals surface area contributed by atoms with Crippen LogP contribution < -0.4 is 15.8 Å². The molecule has 2 aromatic carbocycles. The van der Waals surface area contributed by atoms with Crippen LogP contribution in [0.2, 0.25) is 0 Å². The van der Waals surface area contributed by atoms with E-state index in [1.165, 1.54) is 5.56 Å². The number of fused-ring (bicyclic) bond motifs is 2. The van der Waals surface area contributed by atoms with Crippen molar-refractivity contribution in [3.05, 3.63) is 65.4 Å². The first-order valence-corrected chi connectivity index (χ1v) is 10.4. The number of nitrogens with two attached hydrogens (primary N) is 1. The van der Waals surface area contributed by atoms with E-state index >= 15 is 0 Å². The zero-order valence-corrected chi connectivity index (χ0v) is 17.3. The molecule has 0 radical (unpaired) electrons. The third-order valence-corrected chi connectivity index (χ3v) is 5.73. The van der Waals surface area contributed by atoms with Gasteiger partial charge in [-0.15, -0.1) is 0 Å². The van der Waals surface area contributed by atoms with Gasteiger partial charge in [0.2, 0.25) is 5.95 Å². The van der Waals surface area contributed by atoms with Crippen molar-refractivity contribution in [1.29, 1.82) is 0 Å². The number of carbonyl (C=O) groups excluding carboxylic acids is 1. The molecule has 0 aliphatic carbocycles. The van der Waals surface area contributed by atoms with E-state index in [1.54, 1.807) is 6.20 Å². The van der Waals surface area contributed by atoms with Crippen molar-refractivity contribution in [3.63, 3.8) is 0 Å². The first-order chi connectivity index (χ1) is 15.1. The molecule has 0 spiro atoms. The van der Waals surface area contributed by atoms with Crippen molar-refractivity contribution >= 4 is 23.3 Å². The fourth-order valence-electron chi connectivity index (χ4n) is 4.15. The van der Waals surface area contributed by atoms with Gasteiger partial charge in [-0.3, -0.25) is 9.79 Å². The summed E-state index contributed by atoms with van der Waals surface area (Å²) in [6.45, 7) is 3.11. The van der Waals surface area contributed by atoms with Crippen molar-refractivity contribution in [3.8, 4) is 17.0 Å². The number of nitrogens with zero attached hydrogens (tertiary/aromatic N) is 3. The molecule has 1 atom stereocenters. The summed E-state index contributed by atoms with van der Waals surface area (Å²) in [4.78, 5) is 25.4. The lowest BCUT2D eigenvalue weighted by atomic mass is 9.89. The number of hydrogen-bond acceptors (Lipinski definition) is 6. The molecule has 0 saturated heterocycles. The largest absolute Gasteiger partial charge is 0.493 e. The highest BCUT2D eigenvalue weighted by Gasteiger charge is 2.28. The number of aliphatic imine (C=N–C) groups is 1. The number of anilines is 1. The second kappa shape index (κ2) is 7.83. The van der Waals surface area contributed by atoms with E-state index in [0.29, 0.717) is 18.7 Å². The second-order valence-corrected chi connectivity index (χ2v) is 7.82. The summed E-state index contributed by atoms with van der Waals surface area (Å²) in [7, 11) is 0. The Labute approximate surface area is 180 Å². The van der Waals surface area contributed by atoms with E-state index < -0.39 is 0 Å². The van der Waals surface area contributed by atoms with Crippen LogP contribution in [0.25, 0.3) is 11.3 Å². The van der Waals surface area contributed by atoms with E-state index in [4.69, 9.17) is 15.5 Å². The van der Waals surface area contributed by atoms with Crippen LogP contribution in [0.1, 0.15) is 28.4 Å². The molecule has 31 heavy (non-hydrogen) atoms. The van der Waals surface area contributed by atoms with Crippen LogP contribution in [0.5, 0.6) is 5.75 Å². The SMILES string of the molecule is CCNC(=O)c1ccc2c(c1)CC(C1=Nc3cc(-c4ccnc(N)n4)ccc3C1)CO2. The van der Waals surface area contributed by atoms with Gasteiger partial charge in [0.25, 0.3) is 5.91 Å². The molecule has 7 nitrogen and oxygen atoms in total. The molecule has 7 heteroatoms. The molecular formula is C24H23N5O2. The van der Waals surface area contributed by atoms with Gasteiger partial charge in [0.05, 0.1) is 18.0 Å². The van der Waals surface area contributed by atoms with Crippen LogP contribution in [-0.2, 0) is 12.8 Å². The lowest BCUT2D eigenvalue weighted by molar-refractivity contribution is 0.0955. The minimum absolute atomic E-state index is 0.0593. The maximum absolute atomic E-state index is 12.2. The van der Waals surface area contributed by atoms with Crippen LogP contribution >= 0.6 is 0 Å². The Bertz CT molecular complexity index is 1200. The molecule has 3 heterocycles. The summed E-state index contributed by atoms with van der Waals surface area (Å²) in [5, 5.41) is 2.85. The molecular weight excluding hydrogens is 390 g/mol. The van der Waals surface area contributed by atoms with E-state index in [2.05, 4.69) is 27.4 Å². The Morgan fingerprint density at radius 1 is 1.19 bits per heavy atom. The fourth-order valence-corrected chi connectivity index (χ4v) is 4.15. The zero-order chi connectivity index (χ0) is 21.4. The first kappa shape index (κ1) is 19.2. The average molecular weight is 413 g/mol. The lowest BCUT2D eigenvalue weighted by Gasteiger charge is -2.26. The average Bonchev–Trinajstić information content (AvgIpc) is 3.22. The van der Waals surface area contributed by atoms with Crippen molar-refractivity contribution in [1.82, 2.24) is 15.3 Å². The van der Waals surface area contributed by atoms with E-state index in [1.807, 2.05) is 37.3 Å². The predicted octanol–water partition coefficient (Wildman–Crippen LogP) is 3.36. The maximum Gasteiger partial charge on any atom is 0.251 e. The number of ether oxygens (including phenoxy) is 1. The molecule has 1 amide bonds. The number of nitrogen functional groups attached to an aromatic ring is 1. The van der Waals surface area contributed by atoms with Gasteiger partial charge in [-0.25, -0.2) is 9.97 Å². The van der Waals surface area contributed by atoms with E-state index in [9.17, 15) is 4.79 Å². The summed E-state index contributed by atoms with van der Waals surface area (Å²) < 4.78 is 6.00. The number of benzene rings is 2. The first-order valence-electron chi connectivity index (χ1n) is 10.4. The molecule has 0 saturated carbocycles. The van der Waals surface area contributed by atoms with Crippen molar-refractivity contribution < 1.29 is 9.53 Å². The molecule has 156 valence electrons. The normalized spacial score (nSPS) is 16.7. The molecule has 2 aliphatic rings. The van der Waals surface area contributed by atoms with Gasteiger partial charge in [0.1, 0.15) is 5.75 Å². The Morgan fingerprint density at radius 2 is 2.10 bits per heavy atom. The summed E-state index contributed by atoms with van der Waals surface area (Å²) >= 11 is 0. The number of rotatable bonds is 4. The highest BCUT2D eigenvalue weighted by atomic mass is 16.5. The van der Waals surface area contributed by atoms with Crippen molar-refractivity contribution in [2.75, 3.05) is 18.9 Å². The summed E-state index contributed by atoms with van der Waals surface area (Å²) in [6.07, 6.45) is 3.27. The number of carbonyl (C=O) groups is 1. The molecule has 3 N–H and O–H groups in total. The quantitative estimate of drug-likeness (QED) is 0.683. The van der Waals surface area contributed by atoms with Gasteiger partial charge in [0, 0.05) is 41.9 Å². The monoisotopic (exact) mass is 413 g/mol. The van der Waals surface area contributed by atoms with Gasteiger partial charge in [-0.1, -0.05) is 12.1 Å². The molecule has 5 rings (SSSR count). The van der Waals surface area contributed by atoms with E-state index in [-0.39, 0.29) is 17.8 Å². The van der Waals surface area contributed by atoms with Crippen LogP contribution in [0.4, 0.5) is 11.6 Å². The summed E-state index contributed by atoms with van der Waals surface area (Å²) in [5.74, 6) is 1.23. The summed E-state index contributed by atoms with van der Waals surface area (Å²) in [6, 6.07) is 13.7. The van der Waals surface area contributed by atoms with Crippen LogP contribution in [0.15, 0.2) is 53.7 Å². The standard InChI is InChI=1S/C24H23N5O2/c1-2-26-23(30)16-5-6-22-17(9-16)10-18(13-31-22)21-12-15-4-3-14(11-20(15)28-21)19-7-8-27-24(25)29-19/h3-9,11,18H,2,10,12-13H2,1H3,(H,26,30)(H2,25,27,29). The number of aromatic nitrogens is 2. The van der Waals surface area contributed by atoms with E-state index in [0.717, 1.165) is 46.8 Å². The van der Waals surface area contributed by atoms with Crippen LogP contribution in [0, 0.1) is 5.92 Å². The zero-order valence-electron chi connectivity index (χ0n) is 17.3. The van der Waals surface area contributed by atoms with Crippen LogP contribution in [-0.4, -0.2) is 34.7 Å². The Morgan fingerprint density at radius 3 is 2.94 bits per heavy atom. The summed E-state index contributed by atoms with van der Waals surface area (Å²) in [5.41, 5.74) is 12.5. The van der Waals surface area contributed by atoms with Crippen LogP contribution in [0.3, 0.4) is 0 Å². The minimum atomic E-state index is -0.0593. The highest BCUT2D eigenvalue weighted by Crippen LogP contribution is 2.36. The van der Waals surface area contributed by atoms with Gasteiger partial charge in [-0.05, 0) is 54.8 Å². The van der Waals surface area contributed by atoms with Gasteiger partial charge < -0.3 is 15.8 Å². The number of hydrogen-bond donors (Lipinski definition) is 2. The third kappa shape index (κ3) is 3.74. The van der Waals surface area contributed by atoms with Crippen molar-refractivity contribution in [2.45, 2.75) is 19.8 Å². The van der Waals surface area contributed by atoms with Crippen molar-refractivity contribution in [2.24, 2.45) is 10.9 Å². The minimum Gasteiger partial charge on any atom is -0.493 e. The Balaban J connectivity index is 1.38. The number of nitrogens with one attached hydrogen (secondary N) is 1. The molecule has 3 aromatic rings. The fraction of sp³-hybridized carbons (Fsp3) is 0.250. The molecule has 2 aliphatic heterocycles. The second-order valence-electron chi connectivity index (χ2n) is 7.82. The van der Waals surface area contributed by atoms with Gasteiger partial charge >= 0.3 is 0 Å². The predicted molar refractivity (Wildman–Crippen MR) is 120 cm³/mol. The Hall–Kier alpha value is -3.74. The molecule has 1 aromatic heterocycles. The lowest BCUT2D eigenvalue weighted by Crippen LogP contribution is -2.29. The highest BCUT2D eigenvalue weighted by molar-refractivity contribution is 5.97. The Kier molecular flexibility index (Phi) is 4.86. The van der Waals surface area contributed by atoms with Gasteiger partial charge in [0.15, 0.2) is 0 Å².